The Kier molecular flexibility index (Phi) is 8.65. The summed E-state index contributed by atoms with van der Waals surface area (Å²) in [4.78, 5) is 24.3. The molecule has 4 heteroatoms. The van der Waals surface area contributed by atoms with Gasteiger partial charge in [0.1, 0.15) is 12.2 Å². The number of ether oxygens (including phenoxy) is 2. The Labute approximate surface area is 264 Å². The summed E-state index contributed by atoms with van der Waals surface area (Å²) in [5.41, 5.74) is 5.01. The molecule has 4 aliphatic rings. The van der Waals surface area contributed by atoms with Gasteiger partial charge in [-0.2, -0.15) is 0 Å². The molecule has 0 heterocycles. The third-order valence-electron chi connectivity index (χ3n) is 12.6. The van der Waals surface area contributed by atoms with Crippen LogP contribution in [0.2, 0.25) is 0 Å². The van der Waals surface area contributed by atoms with E-state index in [9.17, 15) is 9.59 Å². The van der Waals surface area contributed by atoms with Gasteiger partial charge in [-0.3, -0.25) is 9.59 Å². The van der Waals surface area contributed by atoms with Gasteiger partial charge in [-0.15, -0.1) is 0 Å². The number of carbonyl (C=O) groups excluding carboxylic acids is 2. The molecule has 0 spiro atoms. The summed E-state index contributed by atoms with van der Waals surface area (Å²) in [7, 11) is 0. The normalized spacial score (nSPS) is 35.8. The van der Waals surface area contributed by atoms with Crippen molar-refractivity contribution in [2.24, 2.45) is 40.4 Å². The van der Waals surface area contributed by atoms with Crippen molar-refractivity contribution < 1.29 is 19.1 Å². The highest BCUT2D eigenvalue weighted by Gasteiger charge is 2.64. The van der Waals surface area contributed by atoms with Gasteiger partial charge in [0.2, 0.25) is 0 Å². The fourth-order valence-electron chi connectivity index (χ4n) is 10.5. The summed E-state index contributed by atoms with van der Waals surface area (Å²) in [5, 5.41) is 0. The van der Waals surface area contributed by atoms with E-state index in [-0.39, 0.29) is 35.0 Å². The van der Waals surface area contributed by atoms with Gasteiger partial charge in [0, 0.05) is 19.3 Å². The average Bonchev–Trinajstić information content (AvgIpc) is 3.37. The molecule has 2 aromatic rings. The van der Waals surface area contributed by atoms with Gasteiger partial charge in [-0.05, 0) is 109 Å². The van der Waals surface area contributed by atoms with E-state index >= 15 is 0 Å². The Hall–Kier alpha value is -3.14. The van der Waals surface area contributed by atoms with Crippen molar-refractivity contribution in [3.63, 3.8) is 0 Å². The summed E-state index contributed by atoms with van der Waals surface area (Å²) in [6.45, 7) is 12.8. The molecule has 0 amide bonds. The topological polar surface area (TPSA) is 52.6 Å². The Balaban J connectivity index is 1.27. The van der Waals surface area contributed by atoms with Crippen molar-refractivity contribution in [2.75, 3.05) is 0 Å². The summed E-state index contributed by atoms with van der Waals surface area (Å²) in [6, 6.07) is 21.3. The molecule has 4 fully saturated rings. The van der Waals surface area contributed by atoms with E-state index in [2.05, 4.69) is 80.6 Å². The van der Waals surface area contributed by atoms with Gasteiger partial charge in [0.05, 0.1) is 0 Å². The Morgan fingerprint density at radius 2 is 1.45 bits per heavy atom. The van der Waals surface area contributed by atoms with Crippen molar-refractivity contribution >= 4 is 17.5 Å². The molecular formula is C40H50O4. The largest absolute Gasteiger partial charge is 0.463 e. The highest BCUT2D eigenvalue weighted by Crippen LogP contribution is 2.69. The summed E-state index contributed by atoms with van der Waals surface area (Å²) < 4.78 is 12.0. The van der Waals surface area contributed by atoms with Crippen LogP contribution in [0.4, 0.5) is 0 Å². The Bertz CT molecular complexity index is 1350. The van der Waals surface area contributed by atoms with Crippen molar-refractivity contribution in [1.82, 2.24) is 0 Å². The van der Waals surface area contributed by atoms with E-state index < -0.39 is 0 Å². The monoisotopic (exact) mass is 594 g/mol. The minimum absolute atomic E-state index is 0.0455. The number of hydrogen-bond donors (Lipinski definition) is 0. The van der Waals surface area contributed by atoms with E-state index in [0.29, 0.717) is 29.6 Å². The molecule has 0 unspecified atom stereocenters. The molecule has 4 nitrogen and oxygen atoms in total. The van der Waals surface area contributed by atoms with E-state index in [0.717, 1.165) is 38.5 Å². The standard InChI is InChI=1S/C40H50O4/c1-26(16-18-33(29-12-8-6-9-13-29)30-14-10-7-11-15-30)35-20-21-36-34-19-17-31-24-32(43-27(2)41)22-23-39(31,4)37(34)25-38(40(35,36)5)44-28(3)42/h6-15,18,31-32,34-38H,1,16-17,19-25H2,2-5H3/t31-,32-,34+,35-,36+,37+,38+,39+,40-/m1/s1. The van der Waals surface area contributed by atoms with E-state index in [1.165, 1.54) is 48.5 Å². The first-order valence-corrected chi connectivity index (χ1v) is 16.9. The summed E-state index contributed by atoms with van der Waals surface area (Å²) in [6.07, 6.45) is 11.7. The molecule has 0 bridgehead atoms. The van der Waals surface area contributed by atoms with Crippen LogP contribution in [0.5, 0.6) is 0 Å². The summed E-state index contributed by atoms with van der Waals surface area (Å²) in [5.74, 6) is 2.21. The Morgan fingerprint density at radius 1 is 0.818 bits per heavy atom. The molecule has 0 N–H and O–H groups in total. The zero-order valence-electron chi connectivity index (χ0n) is 27.1. The number of benzene rings is 2. The minimum atomic E-state index is -0.170. The van der Waals surface area contributed by atoms with Crippen LogP contribution < -0.4 is 0 Å². The van der Waals surface area contributed by atoms with Crippen LogP contribution in [-0.2, 0) is 19.1 Å². The lowest BCUT2D eigenvalue weighted by Crippen LogP contribution is -2.59. The van der Waals surface area contributed by atoms with Gasteiger partial charge in [-0.25, -0.2) is 0 Å². The molecule has 0 saturated heterocycles. The van der Waals surface area contributed by atoms with Gasteiger partial charge in [-0.1, -0.05) is 92.7 Å². The molecule has 234 valence electrons. The summed E-state index contributed by atoms with van der Waals surface area (Å²) >= 11 is 0. The molecule has 6 rings (SSSR count). The zero-order chi connectivity index (χ0) is 31.1. The van der Waals surface area contributed by atoms with Crippen molar-refractivity contribution in [1.29, 1.82) is 0 Å². The first-order chi connectivity index (χ1) is 21.1. The maximum atomic E-state index is 12.6. The lowest BCUT2D eigenvalue weighted by atomic mass is 9.44. The molecule has 0 aliphatic heterocycles. The van der Waals surface area contributed by atoms with Crippen LogP contribution in [0, 0.1) is 40.4 Å². The lowest BCUT2D eigenvalue weighted by molar-refractivity contribution is -0.193. The quantitative estimate of drug-likeness (QED) is 0.237. The number of hydrogen-bond acceptors (Lipinski definition) is 4. The molecule has 0 radical (unpaired) electrons. The highest BCUT2D eigenvalue weighted by molar-refractivity contribution is 5.79. The SMILES string of the molecule is C=C(CC=C(c1ccccc1)c1ccccc1)[C@H]1CC[C@H]2[C@@H]3CC[C@@H]4C[C@H](OC(C)=O)CC[C@]4(C)[C@H]3C[C@H](OC(C)=O)[C@]12C. The molecule has 4 aliphatic carbocycles. The molecule has 44 heavy (non-hydrogen) atoms. The average molecular weight is 595 g/mol. The number of allylic oxidation sites excluding steroid dienone is 2. The first kappa shape index (κ1) is 30.9. The maximum Gasteiger partial charge on any atom is 0.302 e. The van der Waals surface area contributed by atoms with E-state index in [4.69, 9.17) is 16.1 Å². The molecular weight excluding hydrogens is 544 g/mol. The maximum absolute atomic E-state index is 12.6. The lowest BCUT2D eigenvalue weighted by Gasteiger charge is -2.62. The molecule has 2 aromatic carbocycles. The predicted molar refractivity (Wildman–Crippen MR) is 175 cm³/mol. The van der Waals surface area contributed by atoms with Crippen LogP contribution in [0.25, 0.3) is 5.57 Å². The number of esters is 2. The van der Waals surface area contributed by atoms with Crippen molar-refractivity contribution in [3.05, 3.63) is 90.0 Å². The highest BCUT2D eigenvalue weighted by atomic mass is 16.5. The first-order valence-electron chi connectivity index (χ1n) is 16.9. The minimum Gasteiger partial charge on any atom is -0.463 e. The van der Waals surface area contributed by atoms with Crippen LogP contribution in [-0.4, -0.2) is 24.1 Å². The molecule has 4 saturated carbocycles. The fraction of sp³-hybridized carbons (Fsp3) is 0.550. The number of fused-ring (bicyclic) bond motifs is 5. The number of rotatable bonds is 7. The second-order valence-corrected chi connectivity index (χ2v) is 14.7. The van der Waals surface area contributed by atoms with Gasteiger partial charge >= 0.3 is 11.9 Å². The second kappa shape index (κ2) is 12.3. The molecule has 9 atom stereocenters. The number of carbonyl (C=O) groups is 2. The van der Waals surface area contributed by atoms with Crippen molar-refractivity contribution in [3.8, 4) is 0 Å². The Morgan fingerprint density at radius 3 is 2.07 bits per heavy atom. The van der Waals surface area contributed by atoms with Gasteiger partial charge in [0.15, 0.2) is 0 Å². The van der Waals surface area contributed by atoms with Crippen LogP contribution in [0.15, 0.2) is 78.9 Å². The predicted octanol–water partition coefficient (Wildman–Crippen LogP) is 9.20. The van der Waals surface area contributed by atoms with Crippen LogP contribution >= 0.6 is 0 Å². The van der Waals surface area contributed by atoms with Gasteiger partial charge < -0.3 is 9.47 Å². The third kappa shape index (κ3) is 5.59. The van der Waals surface area contributed by atoms with E-state index in [1.807, 2.05) is 0 Å². The second-order valence-electron chi connectivity index (χ2n) is 14.7. The fourth-order valence-corrected chi connectivity index (χ4v) is 10.5. The molecule has 0 aromatic heterocycles. The smallest absolute Gasteiger partial charge is 0.302 e. The van der Waals surface area contributed by atoms with Crippen LogP contribution in [0.1, 0.15) is 96.6 Å². The zero-order valence-corrected chi connectivity index (χ0v) is 27.1. The van der Waals surface area contributed by atoms with Gasteiger partial charge in [0.25, 0.3) is 0 Å². The third-order valence-corrected chi connectivity index (χ3v) is 12.6. The van der Waals surface area contributed by atoms with Crippen LogP contribution in [0.3, 0.4) is 0 Å². The van der Waals surface area contributed by atoms with Crippen molar-refractivity contribution in [2.45, 2.75) is 97.7 Å². The van der Waals surface area contributed by atoms with E-state index in [1.54, 1.807) is 6.92 Å².